The summed E-state index contributed by atoms with van der Waals surface area (Å²) < 4.78 is 0. The van der Waals surface area contributed by atoms with Gasteiger partial charge in [0.1, 0.15) is 0 Å². The molecule has 0 bridgehead atoms. The summed E-state index contributed by atoms with van der Waals surface area (Å²) in [6.45, 7) is 2.32. The van der Waals surface area contributed by atoms with E-state index in [4.69, 9.17) is 5.11 Å². The predicted octanol–water partition coefficient (Wildman–Crippen LogP) is 3.92. The Kier molecular flexibility index (Phi) is 3.95. The SMILES string of the molecule is C[C@]12CC[C@@H]3c4ccc(CCC(=O)O)cc4CC[C@H]3[C@@H]1CC[C@@H]2O. The minimum Gasteiger partial charge on any atom is -0.481 e. The zero-order valence-electron chi connectivity index (χ0n) is 14.5. The van der Waals surface area contributed by atoms with Crippen molar-refractivity contribution in [1.82, 2.24) is 0 Å². The Bertz CT molecular complexity index is 652. The number of hydrogen-bond donors (Lipinski definition) is 2. The van der Waals surface area contributed by atoms with Crippen LogP contribution in [0.3, 0.4) is 0 Å². The first kappa shape index (κ1) is 16.1. The van der Waals surface area contributed by atoms with Crippen molar-refractivity contribution < 1.29 is 15.0 Å². The molecule has 130 valence electrons. The highest BCUT2D eigenvalue weighted by molar-refractivity contribution is 5.67. The van der Waals surface area contributed by atoms with Crippen molar-refractivity contribution in [2.45, 2.75) is 70.3 Å². The summed E-state index contributed by atoms with van der Waals surface area (Å²) >= 11 is 0. The Labute approximate surface area is 144 Å². The number of aliphatic hydroxyl groups is 1. The molecule has 0 heterocycles. The third-order valence-corrected chi connectivity index (χ3v) is 7.37. The molecule has 0 aliphatic heterocycles. The molecule has 5 atom stereocenters. The van der Waals surface area contributed by atoms with Crippen LogP contribution in [0, 0.1) is 17.3 Å². The molecule has 0 unspecified atom stereocenters. The molecule has 3 nitrogen and oxygen atoms in total. The van der Waals surface area contributed by atoms with E-state index in [0.717, 1.165) is 30.7 Å². The minimum atomic E-state index is -0.723. The summed E-state index contributed by atoms with van der Waals surface area (Å²) in [6.07, 6.45) is 7.57. The van der Waals surface area contributed by atoms with E-state index in [1.807, 2.05) is 0 Å². The molecule has 4 rings (SSSR count). The number of rotatable bonds is 3. The van der Waals surface area contributed by atoms with Crippen molar-refractivity contribution >= 4 is 5.97 Å². The number of aliphatic hydroxyl groups excluding tert-OH is 1. The predicted molar refractivity (Wildman–Crippen MR) is 93.0 cm³/mol. The third kappa shape index (κ3) is 2.48. The molecular formula is C21H28O3. The number of hydrogen-bond acceptors (Lipinski definition) is 2. The average Bonchev–Trinajstić information content (AvgIpc) is 2.88. The van der Waals surface area contributed by atoms with Gasteiger partial charge in [-0.05, 0) is 84.8 Å². The van der Waals surface area contributed by atoms with Crippen LogP contribution in [0.25, 0.3) is 0 Å². The van der Waals surface area contributed by atoms with Crippen LogP contribution in [-0.2, 0) is 17.6 Å². The number of benzene rings is 1. The first-order chi connectivity index (χ1) is 11.5. The highest BCUT2D eigenvalue weighted by Crippen LogP contribution is 2.60. The van der Waals surface area contributed by atoms with Gasteiger partial charge in [0.2, 0.25) is 0 Å². The van der Waals surface area contributed by atoms with Gasteiger partial charge in [0.25, 0.3) is 0 Å². The van der Waals surface area contributed by atoms with Gasteiger partial charge in [-0.15, -0.1) is 0 Å². The van der Waals surface area contributed by atoms with Crippen LogP contribution in [0.2, 0.25) is 0 Å². The Morgan fingerprint density at radius 2 is 2.08 bits per heavy atom. The smallest absolute Gasteiger partial charge is 0.303 e. The maximum atomic E-state index is 10.8. The lowest BCUT2D eigenvalue weighted by Crippen LogP contribution is -2.43. The van der Waals surface area contributed by atoms with E-state index >= 15 is 0 Å². The van der Waals surface area contributed by atoms with E-state index in [0.29, 0.717) is 18.3 Å². The molecule has 3 aliphatic carbocycles. The van der Waals surface area contributed by atoms with Crippen molar-refractivity contribution in [3.8, 4) is 0 Å². The first-order valence-corrected chi connectivity index (χ1v) is 9.50. The van der Waals surface area contributed by atoms with E-state index in [1.165, 1.54) is 30.4 Å². The fraction of sp³-hybridized carbons (Fsp3) is 0.667. The Morgan fingerprint density at radius 3 is 2.88 bits per heavy atom. The zero-order valence-corrected chi connectivity index (χ0v) is 14.5. The van der Waals surface area contributed by atoms with Gasteiger partial charge in [0.15, 0.2) is 0 Å². The summed E-state index contributed by atoms with van der Waals surface area (Å²) in [4.78, 5) is 10.8. The lowest BCUT2D eigenvalue weighted by atomic mass is 9.55. The van der Waals surface area contributed by atoms with E-state index in [1.54, 1.807) is 0 Å². The summed E-state index contributed by atoms with van der Waals surface area (Å²) in [5.41, 5.74) is 4.25. The summed E-state index contributed by atoms with van der Waals surface area (Å²) in [6, 6.07) is 6.67. The van der Waals surface area contributed by atoms with E-state index in [2.05, 4.69) is 25.1 Å². The fourth-order valence-corrected chi connectivity index (χ4v) is 6.01. The molecule has 0 saturated heterocycles. The number of carboxylic acid groups (broad SMARTS) is 1. The van der Waals surface area contributed by atoms with Gasteiger partial charge in [-0.2, -0.15) is 0 Å². The molecular weight excluding hydrogens is 300 g/mol. The quantitative estimate of drug-likeness (QED) is 0.884. The molecule has 3 heteroatoms. The Morgan fingerprint density at radius 1 is 1.25 bits per heavy atom. The van der Waals surface area contributed by atoms with E-state index in [-0.39, 0.29) is 17.9 Å². The Hall–Kier alpha value is -1.35. The van der Waals surface area contributed by atoms with Crippen molar-refractivity contribution in [2.75, 3.05) is 0 Å². The molecule has 3 aliphatic rings. The monoisotopic (exact) mass is 328 g/mol. The van der Waals surface area contributed by atoms with Crippen molar-refractivity contribution in [1.29, 1.82) is 0 Å². The highest BCUT2D eigenvalue weighted by Gasteiger charge is 2.54. The van der Waals surface area contributed by atoms with Gasteiger partial charge in [-0.25, -0.2) is 0 Å². The normalized spacial score (nSPS) is 37.4. The van der Waals surface area contributed by atoms with Crippen molar-refractivity contribution in [3.05, 3.63) is 34.9 Å². The number of carbonyl (C=O) groups is 1. The van der Waals surface area contributed by atoms with Crippen LogP contribution in [0.1, 0.15) is 68.1 Å². The number of aryl methyl sites for hydroxylation is 2. The van der Waals surface area contributed by atoms with Crippen LogP contribution in [-0.4, -0.2) is 22.3 Å². The van der Waals surface area contributed by atoms with E-state index < -0.39 is 5.97 Å². The van der Waals surface area contributed by atoms with Crippen LogP contribution in [0.15, 0.2) is 18.2 Å². The molecule has 2 N–H and O–H groups in total. The molecule has 0 amide bonds. The van der Waals surface area contributed by atoms with Crippen LogP contribution < -0.4 is 0 Å². The fourth-order valence-electron chi connectivity index (χ4n) is 6.01. The van der Waals surface area contributed by atoms with Crippen LogP contribution in [0.5, 0.6) is 0 Å². The van der Waals surface area contributed by atoms with Gasteiger partial charge in [-0.3, -0.25) is 4.79 Å². The summed E-state index contributed by atoms with van der Waals surface area (Å²) in [5, 5.41) is 19.3. The average molecular weight is 328 g/mol. The number of aliphatic carboxylic acids is 1. The number of fused-ring (bicyclic) bond motifs is 5. The maximum absolute atomic E-state index is 10.8. The molecule has 0 radical (unpaired) electrons. The zero-order chi connectivity index (χ0) is 16.9. The lowest BCUT2D eigenvalue weighted by Gasteiger charge is -2.50. The Balaban J connectivity index is 1.58. The molecule has 2 fully saturated rings. The van der Waals surface area contributed by atoms with Crippen LogP contribution in [0.4, 0.5) is 0 Å². The van der Waals surface area contributed by atoms with Gasteiger partial charge >= 0.3 is 5.97 Å². The summed E-state index contributed by atoms with van der Waals surface area (Å²) in [5.74, 6) is 1.31. The third-order valence-electron chi connectivity index (χ3n) is 7.37. The van der Waals surface area contributed by atoms with Gasteiger partial charge in [0.05, 0.1) is 6.10 Å². The molecule has 1 aromatic carbocycles. The second-order valence-corrected chi connectivity index (χ2v) is 8.48. The minimum absolute atomic E-state index is 0.108. The van der Waals surface area contributed by atoms with Gasteiger partial charge in [0, 0.05) is 6.42 Å². The van der Waals surface area contributed by atoms with Crippen molar-refractivity contribution in [2.24, 2.45) is 17.3 Å². The first-order valence-electron chi connectivity index (χ1n) is 9.50. The maximum Gasteiger partial charge on any atom is 0.303 e. The molecule has 2 saturated carbocycles. The van der Waals surface area contributed by atoms with Gasteiger partial charge in [-0.1, -0.05) is 25.1 Å². The largest absolute Gasteiger partial charge is 0.481 e. The molecule has 0 spiro atoms. The standard InChI is InChI=1S/C21H28O3/c1-21-11-10-16-15-5-2-13(3-9-20(23)24)12-14(15)4-6-17(16)18(21)7-8-19(21)22/h2,5,12,16-19,22H,3-4,6-11H2,1H3,(H,23,24)/t16-,17-,18+,19+,21+/m1/s1. The second-order valence-electron chi connectivity index (χ2n) is 8.48. The van der Waals surface area contributed by atoms with Gasteiger partial charge < -0.3 is 10.2 Å². The number of carboxylic acids is 1. The molecule has 0 aromatic heterocycles. The lowest BCUT2D eigenvalue weighted by molar-refractivity contribution is -0.136. The topological polar surface area (TPSA) is 57.5 Å². The molecule has 24 heavy (non-hydrogen) atoms. The summed E-state index contributed by atoms with van der Waals surface area (Å²) in [7, 11) is 0. The van der Waals surface area contributed by atoms with E-state index in [9.17, 15) is 9.90 Å². The van der Waals surface area contributed by atoms with Crippen molar-refractivity contribution in [3.63, 3.8) is 0 Å². The van der Waals surface area contributed by atoms with Crippen LogP contribution >= 0.6 is 0 Å². The highest BCUT2D eigenvalue weighted by atomic mass is 16.4. The second kappa shape index (κ2) is 5.87. The molecule has 1 aromatic rings.